The topological polar surface area (TPSA) is 72.3 Å². The highest BCUT2D eigenvalue weighted by Crippen LogP contribution is 2.26. The monoisotopic (exact) mass is 369 g/mol. The van der Waals surface area contributed by atoms with Gasteiger partial charge < -0.3 is 14.1 Å². The summed E-state index contributed by atoms with van der Waals surface area (Å²) < 4.78 is 11.2. The fourth-order valence-corrected chi connectivity index (χ4v) is 3.47. The maximum atomic E-state index is 12.8. The normalized spacial score (nSPS) is 11.3. The van der Waals surface area contributed by atoms with Gasteiger partial charge in [0.2, 0.25) is 0 Å². The number of ether oxygens (including phenoxy) is 1. The summed E-state index contributed by atoms with van der Waals surface area (Å²) in [6.07, 6.45) is 0. The second-order valence-electron chi connectivity index (χ2n) is 6.60. The third-order valence-electron chi connectivity index (χ3n) is 4.93. The first-order valence-electron chi connectivity index (χ1n) is 8.81. The zero-order valence-electron chi connectivity index (χ0n) is 15.0. The van der Waals surface area contributed by atoms with Crippen LogP contribution in [0.2, 0.25) is 0 Å². The van der Waals surface area contributed by atoms with Gasteiger partial charge >= 0.3 is 0 Å². The van der Waals surface area contributed by atoms with E-state index in [9.17, 15) is 9.59 Å². The molecule has 28 heavy (non-hydrogen) atoms. The van der Waals surface area contributed by atoms with Crippen LogP contribution in [0, 0.1) is 0 Å². The Balaban J connectivity index is 1.79. The Bertz CT molecular complexity index is 1480. The Morgan fingerprint density at radius 2 is 1.61 bits per heavy atom. The van der Waals surface area contributed by atoms with Crippen molar-refractivity contribution in [2.75, 3.05) is 7.11 Å². The molecule has 1 N–H and O–H groups in total. The molecule has 0 unspecified atom stereocenters. The van der Waals surface area contributed by atoms with Gasteiger partial charge in [0.1, 0.15) is 17.1 Å². The zero-order chi connectivity index (χ0) is 19.3. The van der Waals surface area contributed by atoms with Crippen molar-refractivity contribution in [2.24, 2.45) is 0 Å². The lowest BCUT2D eigenvalue weighted by Crippen LogP contribution is -2.06. The predicted molar refractivity (Wildman–Crippen MR) is 110 cm³/mol. The Morgan fingerprint density at radius 3 is 2.39 bits per heavy atom. The number of benzene rings is 3. The van der Waals surface area contributed by atoms with E-state index in [1.165, 1.54) is 6.07 Å². The molecule has 5 nitrogen and oxygen atoms in total. The minimum atomic E-state index is -0.193. The maximum absolute atomic E-state index is 12.8. The van der Waals surface area contributed by atoms with Crippen molar-refractivity contribution in [3.63, 3.8) is 0 Å². The first-order chi connectivity index (χ1) is 13.6. The molecule has 5 rings (SSSR count). The number of hydrogen-bond donors (Lipinski definition) is 1. The summed E-state index contributed by atoms with van der Waals surface area (Å²) in [5.74, 6) is 1.19. The van der Waals surface area contributed by atoms with Gasteiger partial charge in [-0.05, 0) is 42.5 Å². The zero-order valence-corrected chi connectivity index (χ0v) is 15.0. The number of aromatic nitrogens is 1. The molecule has 0 radical (unpaired) electrons. The van der Waals surface area contributed by atoms with E-state index >= 15 is 0 Å². The number of aromatic amines is 1. The summed E-state index contributed by atoms with van der Waals surface area (Å²) in [5, 5.41) is 1.44. The lowest BCUT2D eigenvalue weighted by molar-refractivity contribution is 0.415. The number of hydrogen-bond acceptors (Lipinski definition) is 4. The number of fused-ring (bicyclic) bond motifs is 3. The molecule has 136 valence electrons. The fraction of sp³-hybridized carbons (Fsp3) is 0.0435. The molecule has 0 aliphatic carbocycles. The van der Waals surface area contributed by atoms with Crippen LogP contribution < -0.4 is 15.6 Å². The van der Waals surface area contributed by atoms with Crippen LogP contribution in [-0.4, -0.2) is 12.1 Å². The quantitative estimate of drug-likeness (QED) is 0.466. The van der Waals surface area contributed by atoms with Crippen LogP contribution in [-0.2, 0) is 0 Å². The molecule has 3 aromatic carbocycles. The third kappa shape index (κ3) is 2.48. The highest BCUT2D eigenvalue weighted by molar-refractivity contribution is 5.99. The van der Waals surface area contributed by atoms with Crippen molar-refractivity contribution in [1.82, 2.24) is 4.98 Å². The second-order valence-corrected chi connectivity index (χ2v) is 6.60. The molecular weight excluding hydrogens is 354 g/mol. The Kier molecular flexibility index (Phi) is 3.55. The molecule has 0 spiro atoms. The molecule has 0 atom stereocenters. The Labute approximate surface area is 158 Å². The molecule has 2 aromatic heterocycles. The molecule has 0 saturated carbocycles. The van der Waals surface area contributed by atoms with Crippen LogP contribution in [0.1, 0.15) is 0 Å². The van der Waals surface area contributed by atoms with Gasteiger partial charge in [-0.15, -0.1) is 0 Å². The maximum Gasteiger partial charge on any atom is 0.197 e. The number of H-pyrrole nitrogens is 1. The molecule has 0 saturated heterocycles. The van der Waals surface area contributed by atoms with Crippen LogP contribution in [0.5, 0.6) is 5.75 Å². The molecule has 0 bridgehead atoms. The van der Waals surface area contributed by atoms with Gasteiger partial charge in [-0.25, -0.2) is 0 Å². The van der Waals surface area contributed by atoms with Crippen molar-refractivity contribution in [3.8, 4) is 17.1 Å². The highest BCUT2D eigenvalue weighted by atomic mass is 16.5. The molecular formula is C23H15NO4. The van der Waals surface area contributed by atoms with Crippen LogP contribution >= 0.6 is 0 Å². The molecule has 0 aliphatic rings. The van der Waals surface area contributed by atoms with E-state index < -0.39 is 0 Å². The smallest absolute Gasteiger partial charge is 0.197 e. The van der Waals surface area contributed by atoms with Gasteiger partial charge in [-0.3, -0.25) is 9.59 Å². The lowest BCUT2D eigenvalue weighted by Gasteiger charge is -2.07. The first-order valence-corrected chi connectivity index (χ1v) is 8.81. The summed E-state index contributed by atoms with van der Waals surface area (Å²) in [4.78, 5) is 28.8. The van der Waals surface area contributed by atoms with E-state index in [2.05, 4.69) is 4.98 Å². The molecule has 5 aromatic rings. The summed E-state index contributed by atoms with van der Waals surface area (Å²) >= 11 is 0. The van der Waals surface area contributed by atoms with Crippen molar-refractivity contribution in [3.05, 3.63) is 87.2 Å². The van der Waals surface area contributed by atoms with Gasteiger partial charge in [0.15, 0.2) is 10.9 Å². The molecule has 0 aliphatic heterocycles. The molecule has 0 amide bonds. The summed E-state index contributed by atoms with van der Waals surface area (Å²) in [6.45, 7) is 0. The average Bonchev–Trinajstić information content (AvgIpc) is 2.73. The van der Waals surface area contributed by atoms with Crippen molar-refractivity contribution in [1.29, 1.82) is 0 Å². The minimum Gasteiger partial charge on any atom is -0.497 e. The highest BCUT2D eigenvalue weighted by Gasteiger charge is 2.12. The van der Waals surface area contributed by atoms with E-state index in [-0.39, 0.29) is 10.9 Å². The summed E-state index contributed by atoms with van der Waals surface area (Å²) in [5.41, 5.74) is 2.27. The van der Waals surface area contributed by atoms with Crippen molar-refractivity contribution >= 4 is 32.8 Å². The van der Waals surface area contributed by atoms with E-state index in [1.54, 1.807) is 25.3 Å². The largest absolute Gasteiger partial charge is 0.497 e. The summed E-state index contributed by atoms with van der Waals surface area (Å²) in [6, 6.07) is 19.4. The Hall–Kier alpha value is -3.86. The second kappa shape index (κ2) is 6.09. The van der Waals surface area contributed by atoms with Crippen LogP contribution in [0.25, 0.3) is 44.1 Å². The van der Waals surface area contributed by atoms with Gasteiger partial charge in [-0.2, -0.15) is 0 Å². The van der Waals surface area contributed by atoms with Gasteiger partial charge in [0.25, 0.3) is 0 Å². The number of nitrogens with one attached hydrogen (secondary N) is 1. The predicted octanol–water partition coefficient (Wildman–Crippen LogP) is 4.46. The molecule has 2 heterocycles. The van der Waals surface area contributed by atoms with Crippen molar-refractivity contribution in [2.45, 2.75) is 0 Å². The van der Waals surface area contributed by atoms with Gasteiger partial charge in [0.05, 0.1) is 18.0 Å². The third-order valence-corrected chi connectivity index (χ3v) is 4.93. The van der Waals surface area contributed by atoms with E-state index in [1.807, 2.05) is 42.5 Å². The number of rotatable bonds is 2. The average molecular weight is 369 g/mol. The standard InChI is InChI=1S/C23H15NO4/c1-27-14-8-6-13(7-9-14)21-12-20(25)17-10-16-19(11-22(17)28-21)24-18-5-3-2-4-15(18)23(16)26/h2-12H,1H3,(H,24,26). The number of methoxy groups -OCH3 is 1. The van der Waals surface area contributed by atoms with E-state index in [0.717, 1.165) is 16.8 Å². The SMILES string of the molecule is COc1ccc(-c2cc(=O)c3cc4c(=O)c5ccccc5[nH]c4cc3o2)cc1. The number of para-hydroxylation sites is 1. The fourth-order valence-electron chi connectivity index (χ4n) is 3.47. The van der Waals surface area contributed by atoms with Crippen LogP contribution in [0.3, 0.4) is 0 Å². The molecule has 5 heteroatoms. The van der Waals surface area contributed by atoms with Gasteiger partial charge in [-0.1, -0.05) is 12.1 Å². The van der Waals surface area contributed by atoms with Crippen molar-refractivity contribution < 1.29 is 9.15 Å². The first kappa shape index (κ1) is 16.3. The van der Waals surface area contributed by atoms with Crippen LogP contribution in [0.15, 0.2) is 80.7 Å². The minimum absolute atomic E-state index is 0.107. The van der Waals surface area contributed by atoms with Crippen LogP contribution in [0.4, 0.5) is 0 Å². The molecule has 0 fully saturated rings. The lowest BCUT2D eigenvalue weighted by atomic mass is 10.1. The number of pyridine rings is 1. The van der Waals surface area contributed by atoms with Gasteiger partial charge in [0, 0.05) is 34.0 Å². The van der Waals surface area contributed by atoms with E-state index in [4.69, 9.17) is 9.15 Å². The summed E-state index contributed by atoms with van der Waals surface area (Å²) in [7, 11) is 1.60. The van der Waals surface area contributed by atoms with E-state index in [0.29, 0.717) is 33.0 Å². The Morgan fingerprint density at radius 1 is 0.821 bits per heavy atom.